The number of hydrogen-bond donors (Lipinski definition) is 1. The summed E-state index contributed by atoms with van der Waals surface area (Å²) in [5, 5.41) is 3.15. The maximum absolute atomic E-state index is 12.3. The third-order valence-corrected chi connectivity index (χ3v) is 4.27. The normalized spacial score (nSPS) is 17.9. The first kappa shape index (κ1) is 17.3. The molecule has 25 heavy (non-hydrogen) atoms. The van der Waals surface area contributed by atoms with Gasteiger partial charge in [0, 0.05) is 18.4 Å². The molecule has 0 bridgehead atoms. The van der Waals surface area contributed by atoms with Crippen molar-refractivity contribution in [3.05, 3.63) is 60.2 Å². The summed E-state index contributed by atoms with van der Waals surface area (Å²) in [5.41, 5.74) is 0.763. The number of hydrogen-bond acceptors (Lipinski definition) is 3. The molecule has 0 spiro atoms. The number of carbonyl (C=O) groups excluding carboxylic acids is 1. The van der Waals surface area contributed by atoms with Crippen molar-refractivity contribution in [1.82, 2.24) is 5.32 Å². The Morgan fingerprint density at radius 1 is 1.16 bits per heavy atom. The topological polar surface area (TPSA) is 47.6 Å². The van der Waals surface area contributed by atoms with Crippen LogP contribution in [0.3, 0.4) is 0 Å². The molecule has 1 amide bonds. The van der Waals surface area contributed by atoms with Crippen molar-refractivity contribution >= 4 is 5.91 Å². The predicted molar refractivity (Wildman–Crippen MR) is 97.8 cm³/mol. The van der Waals surface area contributed by atoms with Gasteiger partial charge in [0.2, 0.25) is 5.91 Å². The molecule has 0 saturated carbocycles. The van der Waals surface area contributed by atoms with Crippen LogP contribution in [0.15, 0.2) is 54.6 Å². The Labute approximate surface area is 149 Å². The Hall–Kier alpha value is -2.49. The van der Waals surface area contributed by atoms with Crippen LogP contribution in [0.1, 0.15) is 44.7 Å². The van der Waals surface area contributed by atoms with Crippen LogP contribution in [0, 0.1) is 0 Å². The summed E-state index contributed by atoms with van der Waals surface area (Å²) in [4.78, 5) is 12.3. The summed E-state index contributed by atoms with van der Waals surface area (Å²) in [6.07, 6.45) is 1.90. The molecule has 0 unspecified atom stereocenters. The summed E-state index contributed by atoms with van der Waals surface area (Å²) in [6, 6.07) is 17.6. The van der Waals surface area contributed by atoms with Crippen LogP contribution in [0.5, 0.6) is 11.5 Å². The van der Waals surface area contributed by atoms with Crippen molar-refractivity contribution in [2.24, 2.45) is 0 Å². The smallest absolute Gasteiger partial charge is 0.220 e. The highest BCUT2D eigenvalue weighted by Crippen LogP contribution is 2.39. The zero-order chi connectivity index (χ0) is 17.7. The molecule has 1 heterocycles. The molecular weight excluding hydrogens is 314 g/mol. The minimum Gasteiger partial charge on any atom is -0.494 e. The van der Waals surface area contributed by atoms with E-state index >= 15 is 0 Å². The van der Waals surface area contributed by atoms with Crippen LogP contribution in [0.25, 0.3) is 0 Å². The standard InChI is InChI=1S/C21H25NO3/c1-21(2)15-18(17-11-6-7-12-19(17)25-21)22-20(23)13-8-14-24-16-9-4-3-5-10-16/h3-7,9-12,18H,8,13-15H2,1-2H3,(H,22,23)/t18-/m0/s1. The minimum absolute atomic E-state index is 0.0116. The van der Waals surface area contributed by atoms with Gasteiger partial charge in [-0.15, -0.1) is 0 Å². The van der Waals surface area contributed by atoms with Crippen LogP contribution >= 0.6 is 0 Å². The fourth-order valence-corrected chi connectivity index (χ4v) is 3.14. The monoisotopic (exact) mass is 339 g/mol. The average molecular weight is 339 g/mol. The first-order valence-electron chi connectivity index (χ1n) is 8.79. The van der Waals surface area contributed by atoms with E-state index in [1.165, 1.54) is 0 Å². The number of nitrogens with one attached hydrogen (secondary N) is 1. The van der Waals surface area contributed by atoms with E-state index in [0.717, 1.165) is 23.5 Å². The van der Waals surface area contributed by atoms with E-state index in [0.29, 0.717) is 19.4 Å². The molecule has 0 saturated heterocycles. The fraction of sp³-hybridized carbons (Fsp3) is 0.381. The molecule has 3 rings (SSSR count). The SMILES string of the molecule is CC1(C)C[C@H](NC(=O)CCCOc2ccccc2)c2ccccc2O1. The predicted octanol–water partition coefficient (Wildman–Crippen LogP) is 4.26. The second kappa shape index (κ2) is 7.60. The number of benzene rings is 2. The largest absolute Gasteiger partial charge is 0.494 e. The van der Waals surface area contributed by atoms with Crippen molar-refractivity contribution < 1.29 is 14.3 Å². The van der Waals surface area contributed by atoms with Crippen LogP contribution < -0.4 is 14.8 Å². The number of ether oxygens (including phenoxy) is 2. The number of fused-ring (bicyclic) bond motifs is 1. The van der Waals surface area contributed by atoms with Crippen LogP contribution in [0.4, 0.5) is 0 Å². The minimum atomic E-state index is -0.289. The van der Waals surface area contributed by atoms with Gasteiger partial charge in [0.15, 0.2) is 0 Å². The maximum Gasteiger partial charge on any atom is 0.220 e. The van der Waals surface area contributed by atoms with Gasteiger partial charge in [0.1, 0.15) is 17.1 Å². The Morgan fingerprint density at radius 2 is 1.88 bits per heavy atom. The highest BCUT2D eigenvalue weighted by Gasteiger charge is 2.34. The van der Waals surface area contributed by atoms with E-state index in [4.69, 9.17) is 9.47 Å². The zero-order valence-corrected chi connectivity index (χ0v) is 14.8. The van der Waals surface area contributed by atoms with Crippen molar-refractivity contribution in [2.75, 3.05) is 6.61 Å². The molecule has 1 aliphatic rings. The van der Waals surface area contributed by atoms with Gasteiger partial charge in [0.05, 0.1) is 12.6 Å². The number of rotatable bonds is 6. The van der Waals surface area contributed by atoms with Gasteiger partial charge in [-0.05, 0) is 38.5 Å². The summed E-state index contributed by atoms with van der Waals surface area (Å²) >= 11 is 0. The second-order valence-electron chi connectivity index (χ2n) is 6.99. The number of carbonyl (C=O) groups is 1. The van der Waals surface area contributed by atoms with Crippen molar-refractivity contribution in [1.29, 1.82) is 0 Å². The van der Waals surface area contributed by atoms with Crippen molar-refractivity contribution in [3.63, 3.8) is 0 Å². The molecule has 1 N–H and O–H groups in total. The molecule has 132 valence electrons. The highest BCUT2D eigenvalue weighted by atomic mass is 16.5. The molecule has 0 aliphatic carbocycles. The molecule has 1 aliphatic heterocycles. The van der Waals surface area contributed by atoms with Crippen molar-refractivity contribution in [2.45, 2.75) is 44.8 Å². The van der Waals surface area contributed by atoms with E-state index in [9.17, 15) is 4.79 Å². The Balaban J connectivity index is 1.51. The van der Waals surface area contributed by atoms with Gasteiger partial charge in [-0.25, -0.2) is 0 Å². The zero-order valence-electron chi connectivity index (χ0n) is 14.8. The second-order valence-corrected chi connectivity index (χ2v) is 6.99. The lowest BCUT2D eigenvalue weighted by molar-refractivity contribution is -0.122. The van der Waals surface area contributed by atoms with Gasteiger partial charge in [-0.2, -0.15) is 0 Å². The van der Waals surface area contributed by atoms with Crippen LogP contribution in [0.2, 0.25) is 0 Å². The molecule has 2 aromatic carbocycles. The highest BCUT2D eigenvalue weighted by molar-refractivity contribution is 5.76. The van der Waals surface area contributed by atoms with Gasteiger partial charge in [-0.1, -0.05) is 36.4 Å². The molecular formula is C21H25NO3. The lowest BCUT2D eigenvalue weighted by Gasteiger charge is -2.37. The molecule has 2 aromatic rings. The molecule has 1 atom stereocenters. The molecule has 4 heteroatoms. The summed E-state index contributed by atoms with van der Waals surface area (Å²) < 4.78 is 11.6. The molecule has 0 aromatic heterocycles. The van der Waals surface area contributed by atoms with Crippen LogP contribution in [-0.2, 0) is 4.79 Å². The van der Waals surface area contributed by atoms with E-state index in [1.807, 2.05) is 54.6 Å². The molecule has 0 radical (unpaired) electrons. The average Bonchev–Trinajstić information content (AvgIpc) is 2.59. The van der Waals surface area contributed by atoms with Gasteiger partial charge in [0.25, 0.3) is 0 Å². The molecule has 0 fully saturated rings. The fourth-order valence-electron chi connectivity index (χ4n) is 3.14. The lowest BCUT2D eigenvalue weighted by atomic mass is 9.89. The van der Waals surface area contributed by atoms with E-state index < -0.39 is 0 Å². The molecule has 4 nitrogen and oxygen atoms in total. The van der Waals surface area contributed by atoms with Crippen LogP contribution in [-0.4, -0.2) is 18.1 Å². The Kier molecular flexibility index (Phi) is 5.27. The maximum atomic E-state index is 12.3. The van der Waals surface area contributed by atoms with Gasteiger partial charge >= 0.3 is 0 Å². The van der Waals surface area contributed by atoms with Gasteiger partial charge < -0.3 is 14.8 Å². The first-order chi connectivity index (χ1) is 12.0. The third-order valence-electron chi connectivity index (χ3n) is 4.27. The number of amides is 1. The van der Waals surface area contributed by atoms with Gasteiger partial charge in [-0.3, -0.25) is 4.79 Å². The third kappa shape index (κ3) is 4.75. The van der Waals surface area contributed by atoms with Crippen molar-refractivity contribution in [3.8, 4) is 11.5 Å². The quantitative estimate of drug-likeness (QED) is 0.800. The summed E-state index contributed by atoms with van der Waals surface area (Å²) in [7, 11) is 0. The summed E-state index contributed by atoms with van der Waals surface area (Å²) in [5.74, 6) is 1.74. The Bertz CT molecular complexity index is 712. The Morgan fingerprint density at radius 3 is 2.68 bits per heavy atom. The van der Waals surface area contributed by atoms with E-state index in [-0.39, 0.29) is 17.6 Å². The number of para-hydroxylation sites is 2. The lowest BCUT2D eigenvalue weighted by Crippen LogP contribution is -2.41. The summed E-state index contributed by atoms with van der Waals surface area (Å²) in [6.45, 7) is 4.64. The van der Waals surface area contributed by atoms with E-state index in [1.54, 1.807) is 0 Å². The first-order valence-corrected chi connectivity index (χ1v) is 8.79. The van der Waals surface area contributed by atoms with E-state index in [2.05, 4.69) is 19.2 Å².